The molecule has 0 aromatic heterocycles. The SMILES string of the molecule is O=C(CC12CC3CC(CC(C3)C1)C2)NCC(=O)OCC(=O)NC1CCCCCC1. The van der Waals surface area contributed by atoms with Crippen molar-refractivity contribution < 1.29 is 19.1 Å². The van der Waals surface area contributed by atoms with Crippen LogP contribution >= 0.6 is 0 Å². The van der Waals surface area contributed by atoms with Gasteiger partial charge in [0.1, 0.15) is 6.54 Å². The van der Waals surface area contributed by atoms with Crippen LogP contribution < -0.4 is 10.6 Å². The first-order chi connectivity index (χ1) is 14.0. The van der Waals surface area contributed by atoms with Crippen molar-refractivity contribution in [3.8, 4) is 0 Å². The third-order valence-corrected chi connectivity index (χ3v) is 7.72. The average Bonchev–Trinajstić information content (AvgIpc) is 2.92. The van der Waals surface area contributed by atoms with Gasteiger partial charge in [-0.05, 0) is 74.5 Å². The Bertz CT molecular complexity index is 589. The van der Waals surface area contributed by atoms with Crippen molar-refractivity contribution in [2.75, 3.05) is 13.2 Å². The lowest BCUT2D eigenvalue weighted by molar-refractivity contribution is -0.149. The molecule has 5 rings (SSSR count). The second-order valence-corrected chi connectivity index (χ2v) is 10.3. The summed E-state index contributed by atoms with van der Waals surface area (Å²) in [5.41, 5.74) is 0.168. The van der Waals surface area contributed by atoms with Crippen molar-refractivity contribution in [1.29, 1.82) is 0 Å². The van der Waals surface area contributed by atoms with E-state index in [-0.39, 0.29) is 36.4 Å². The van der Waals surface area contributed by atoms with Gasteiger partial charge in [0.05, 0.1) is 0 Å². The molecule has 0 unspecified atom stereocenters. The number of hydrogen-bond acceptors (Lipinski definition) is 4. The molecule has 2 N–H and O–H groups in total. The molecule has 5 saturated carbocycles. The van der Waals surface area contributed by atoms with Gasteiger partial charge < -0.3 is 15.4 Å². The zero-order valence-corrected chi connectivity index (χ0v) is 17.5. The first-order valence-corrected chi connectivity index (χ1v) is 11.7. The van der Waals surface area contributed by atoms with E-state index in [0.717, 1.165) is 43.4 Å². The summed E-state index contributed by atoms with van der Waals surface area (Å²) in [5, 5.41) is 5.69. The van der Waals surface area contributed by atoms with E-state index in [2.05, 4.69) is 10.6 Å². The van der Waals surface area contributed by atoms with Crippen molar-refractivity contribution >= 4 is 17.8 Å². The van der Waals surface area contributed by atoms with E-state index in [1.165, 1.54) is 51.4 Å². The van der Waals surface area contributed by atoms with Crippen LogP contribution in [0.3, 0.4) is 0 Å². The molecule has 6 nitrogen and oxygen atoms in total. The third-order valence-electron chi connectivity index (χ3n) is 7.72. The number of nitrogens with one attached hydrogen (secondary N) is 2. The molecule has 4 bridgehead atoms. The summed E-state index contributed by atoms with van der Waals surface area (Å²) in [7, 11) is 0. The molecule has 0 aromatic carbocycles. The molecule has 5 fully saturated rings. The van der Waals surface area contributed by atoms with Crippen molar-refractivity contribution in [2.24, 2.45) is 23.2 Å². The first-order valence-electron chi connectivity index (χ1n) is 11.7. The summed E-state index contributed by atoms with van der Waals surface area (Å²) in [6.45, 7) is -0.415. The Balaban J connectivity index is 1.13. The highest BCUT2D eigenvalue weighted by atomic mass is 16.5. The molecular weight excluding hydrogens is 368 g/mol. The number of rotatable bonds is 7. The van der Waals surface area contributed by atoms with Crippen LogP contribution in [0.15, 0.2) is 0 Å². The molecule has 0 aliphatic heterocycles. The largest absolute Gasteiger partial charge is 0.454 e. The Morgan fingerprint density at radius 3 is 2.00 bits per heavy atom. The van der Waals surface area contributed by atoms with E-state index in [1.54, 1.807) is 0 Å². The molecule has 0 spiro atoms. The van der Waals surface area contributed by atoms with Crippen molar-refractivity contribution in [2.45, 2.75) is 89.5 Å². The average molecular weight is 405 g/mol. The number of carbonyl (C=O) groups is 3. The Morgan fingerprint density at radius 2 is 1.41 bits per heavy atom. The Hall–Kier alpha value is -1.59. The molecule has 5 aliphatic rings. The second-order valence-electron chi connectivity index (χ2n) is 10.3. The maximum atomic E-state index is 12.5. The number of esters is 1. The minimum Gasteiger partial charge on any atom is -0.454 e. The fourth-order valence-electron chi connectivity index (χ4n) is 6.97. The van der Waals surface area contributed by atoms with Crippen molar-refractivity contribution in [1.82, 2.24) is 10.6 Å². The quantitative estimate of drug-likeness (QED) is 0.504. The number of carbonyl (C=O) groups excluding carboxylic acids is 3. The van der Waals surface area contributed by atoms with Crippen LogP contribution in [-0.4, -0.2) is 37.0 Å². The van der Waals surface area contributed by atoms with Crippen LogP contribution in [-0.2, 0) is 19.1 Å². The van der Waals surface area contributed by atoms with Crippen LogP contribution in [0.1, 0.15) is 83.5 Å². The van der Waals surface area contributed by atoms with E-state index in [1.807, 2.05) is 0 Å². The van der Waals surface area contributed by atoms with Gasteiger partial charge in [0.15, 0.2) is 6.61 Å². The van der Waals surface area contributed by atoms with Crippen molar-refractivity contribution in [3.63, 3.8) is 0 Å². The second kappa shape index (κ2) is 9.05. The summed E-state index contributed by atoms with van der Waals surface area (Å²) in [4.78, 5) is 36.4. The molecule has 162 valence electrons. The van der Waals surface area contributed by atoms with Crippen LogP contribution in [0.25, 0.3) is 0 Å². The molecule has 0 atom stereocenters. The van der Waals surface area contributed by atoms with Gasteiger partial charge in [-0.15, -0.1) is 0 Å². The Kier molecular flexibility index (Phi) is 6.45. The highest BCUT2D eigenvalue weighted by Crippen LogP contribution is 2.61. The summed E-state index contributed by atoms with van der Waals surface area (Å²) >= 11 is 0. The molecule has 29 heavy (non-hydrogen) atoms. The van der Waals surface area contributed by atoms with E-state index in [0.29, 0.717) is 6.42 Å². The highest BCUT2D eigenvalue weighted by Gasteiger charge is 2.51. The Labute approximate surface area is 173 Å². The zero-order valence-electron chi connectivity index (χ0n) is 17.5. The van der Waals surface area contributed by atoms with Crippen LogP contribution in [0.2, 0.25) is 0 Å². The van der Waals surface area contributed by atoms with Gasteiger partial charge >= 0.3 is 5.97 Å². The maximum absolute atomic E-state index is 12.5. The summed E-state index contributed by atoms with van der Waals surface area (Å²) in [5.74, 6) is 1.60. The zero-order chi connectivity index (χ0) is 20.3. The molecule has 0 heterocycles. The lowest BCUT2D eigenvalue weighted by Gasteiger charge is -2.56. The smallest absolute Gasteiger partial charge is 0.325 e. The molecule has 2 amide bonds. The maximum Gasteiger partial charge on any atom is 0.325 e. The van der Waals surface area contributed by atoms with Gasteiger partial charge in [-0.3, -0.25) is 14.4 Å². The van der Waals surface area contributed by atoms with Gasteiger partial charge in [0.2, 0.25) is 5.91 Å². The summed E-state index contributed by atoms with van der Waals surface area (Å²) in [6.07, 6.45) is 14.9. The standard InChI is InChI=1S/C23H36N2O4/c26-20(13-23-10-16-7-17(11-23)9-18(8-16)12-23)24-14-22(28)29-15-21(27)25-19-5-3-1-2-4-6-19/h16-19H,1-15H2,(H,24,26)(H,25,27). The van der Waals surface area contributed by atoms with E-state index >= 15 is 0 Å². The van der Waals surface area contributed by atoms with Gasteiger partial charge in [0, 0.05) is 12.5 Å². The van der Waals surface area contributed by atoms with E-state index in [4.69, 9.17) is 4.74 Å². The van der Waals surface area contributed by atoms with Crippen molar-refractivity contribution in [3.05, 3.63) is 0 Å². The fourth-order valence-corrected chi connectivity index (χ4v) is 6.97. The van der Waals surface area contributed by atoms with E-state index < -0.39 is 5.97 Å². The molecule has 5 aliphatic carbocycles. The molecule has 0 radical (unpaired) electrons. The minimum atomic E-state index is -0.542. The number of hydrogen-bond donors (Lipinski definition) is 2. The first kappa shape index (κ1) is 20.7. The molecule has 6 heteroatoms. The van der Waals surface area contributed by atoms with Gasteiger partial charge in [-0.2, -0.15) is 0 Å². The Morgan fingerprint density at radius 1 is 0.828 bits per heavy atom. The van der Waals surface area contributed by atoms with Crippen LogP contribution in [0, 0.1) is 23.2 Å². The predicted octanol–water partition coefficient (Wildman–Crippen LogP) is 3.09. The number of amides is 2. The normalized spacial score (nSPS) is 33.7. The number of ether oxygens (including phenoxy) is 1. The highest BCUT2D eigenvalue weighted by molar-refractivity contribution is 5.84. The predicted molar refractivity (Wildman–Crippen MR) is 109 cm³/mol. The third kappa shape index (κ3) is 5.52. The lowest BCUT2D eigenvalue weighted by Crippen LogP contribution is -2.48. The van der Waals surface area contributed by atoms with Crippen LogP contribution in [0.5, 0.6) is 0 Å². The molecule has 0 saturated heterocycles. The monoisotopic (exact) mass is 404 g/mol. The summed E-state index contributed by atoms with van der Waals surface area (Å²) in [6, 6.07) is 0.198. The van der Waals surface area contributed by atoms with Gasteiger partial charge in [0.25, 0.3) is 5.91 Å². The van der Waals surface area contributed by atoms with E-state index in [9.17, 15) is 14.4 Å². The van der Waals surface area contributed by atoms with Crippen LogP contribution in [0.4, 0.5) is 0 Å². The lowest BCUT2D eigenvalue weighted by atomic mass is 9.49. The molecule has 0 aromatic rings. The topological polar surface area (TPSA) is 84.5 Å². The minimum absolute atomic E-state index is 0.0493. The fraction of sp³-hybridized carbons (Fsp3) is 0.870. The molecular formula is C23H36N2O4. The summed E-state index contributed by atoms with van der Waals surface area (Å²) < 4.78 is 5.06. The van der Waals surface area contributed by atoms with Gasteiger partial charge in [-0.1, -0.05) is 25.7 Å². The van der Waals surface area contributed by atoms with Gasteiger partial charge in [-0.25, -0.2) is 0 Å².